The van der Waals surface area contributed by atoms with Gasteiger partial charge < -0.3 is 13.7 Å². The molecule has 2 bridgehead atoms. The van der Waals surface area contributed by atoms with Crippen LogP contribution in [0.15, 0.2) is 56.8 Å². The van der Waals surface area contributed by atoms with Gasteiger partial charge in [0.05, 0.1) is 6.54 Å². The first kappa shape index (κ1) is 15.3. The average molecular weight is 353 g/mol. The summed E-state index contributed by atoms with van der Waals surface area (Å²) in [5.41, 5.74) is 0.0750. The monoisotopic (exact) mass is 353 g/mol. The Morgan fingerprint density at radius 1 is 1.12 bits per heavy atom. The lowest BCUT2D eigenvalue weighted by Gasteiger charge is -2.62. The Kier molecular flexibility index (Phi) is 3.10. The van der Waals surface area contributed by atoms with E-state index in [4.69, 9.17) is 4.52 Å². The number of hydrogen-bond donors (Lipinski definition) is 0. The van der Waals surface area contributed by atoms with E-state index in [1.54, 1.807) is 35.2 Å². The first-order valence-electron chi connectivity index (χ1n) is 8.58. The maximum Gasteiger partial charge on any atom is 0.316 e. The van der Waals surface area contributed by atoms with E-state index in [9.17, 15) is 14.0 Å². The molecule has 0 saturated heterocycles. The number of rotatable bonds is 4. The van der Waals surface area contributed by atoms with Gasteiger partial charge in [-0.25, -0.2) is 4.39 Å². The van der Waals surface area contributed by atoms with Crippen LogP contribution in [-0.4, -0.2) is 14.3 Å². The molecule has 7 heteroatoms. The molecule has 0 atom stereocenters. The summed E-state index contributed by atoms with van der Waals surface area (Å²) in [6.07, 6.45) is 6.35. The minimum atomic E-state index is -0.552. The zero-order valence-corrected chi connectivity index (χ0v) is 13.9. The third kappa shape index (κ3) is 2.20. The second-order valence-electron chi connectivity index (χ2n) is 7.30. The molecule has 0 spiro atoms. The molecule has 3 aromatic rings. The highest BCUT2D eigenvalue weighted by Crippen LogP contribution is 2.61. The van der Waals surface area contributed by atoms with Crippen molar-refractivity contribution in [3.63, 3.8) is 0 Å². The Labute approximate surface area is 147 Å². The summed E-state index contributed by atoms with van der Waals surface area (Å²) >= 11 is 0. The zero-order valence-electron chi connectivity index (χ0n) is 13.9. The quantitative estimate of drug-likeness (QED) is 0.675. The first-order valence-corrected chi connectivity index (χ1v) is 8.58. The van der Waals surface area contributed by atoms with Crippen molar-refractivity contribution in [3.05, 3.63) is 74.9 Å². The lowest BCUT2D eigenvalue weighted by atomic mass is 9.49. The second-order valence-corrected chi connectivity index (χ2v) is 7.30. The van der Waals surface area contributed by atoms with E-state index in [1.807, 2.05) is 0 Å². The van der Waals surface area contributed by atoms with E-state index in [1.165, 1.54) is 16.7 Å². The summed E-state index contributed by atoms with van der Waals surface area (Å²) in [5, 5.41) is 3.95. The normalized spacial score (nSPS) is 23.3. The van der Waals surface area contributed by atoms with Crippen LogP contribution in [0.1, 0.15) is 25.0 Å². The number of halogens is 1. The predicted molar refractivity (Wildman–Crippen MR) is 91.3 cm³/mol. The minimum absolute atomic E-state index is 0.107. The highest BCUT2D eigenvalue weighted by Gasteiger charge is 2.58. The van der Waals surface area contributed by atoms with Crippen LogP contribution in [0.25, 0.3) is 11.3 Å². The van der Waals surface area contributed by atoms with Crippen molar-refractivity contribution in [2.75, 3.05) is 0 Å². The molecular formula is C19H16FN3O3. The van der Waals surface area contributed by atoms with Gasteiger partial charge in [-0.3, -0.25) is 9.59 Å². The standard InChI is InChI=1S/C19H16FN3O3/c20-14-3-1-13(2-4-14)16-7-15(21-26-16)11-22-5-6-23(18(25)17(22)24)19-8-12(9-19)10-19/h1-7,12H,8-11H2. The van der Waals surface area contributed by atoms with Crippen molar-refractivity contribution in [2.24, 2.45) is 5.92 Å². The van der Waals surface area contributed by atoms with Crippen molar-refractivity contribution in [1.29, 1.82) is 0 Å². The smallest absolute Gasteiger partial charge is 0.316 e. The topological polar surface area (TPSA) is 70.0 Å². The Morgan fingerprint density at radius 3 is 2.50 bits per heavy atom. The van der Waals surface area contributed by atoms with Crippen molar-refractivity contribution in [3.8, 4) is 11.3 Å². The third-order valence-corrected chi connectivity index (χ3v) is 5.60. The number of nitrogens with zero attached hydrogens (tertiary/aromatic N) is 3. The molecule has 132 valence electrons. The first-order chi connectivity index (χ1) is 12.5. The molecule has 3 saturated carbocycles. The molecule has 6 rings (SSSR count). The summed E-state index contributed by atoms with van der Waals surface area (Å²) in [6.45, 7) is 0.148. The van der Waals surface area contributed by atoms with Gasteiger partial charge in [0.25, 0.3) is 0 Å². The summed E-state index contributed by atoms with van der Waals surface area (Å²) in [6, 6.07) is 7.55. The van der Waals surface area contributed by atoms with Crippen molar-refractivity contribution < 1.29 is 8.91 Å². The van der Waals surface area contributed by atoms with E-state index in [0.717, 1.165) is 25.2 Å². The van der Waals surface area contributed by atoms with Crippen LogP contribution in [-0.2, 0) is 12.1 Å². The van der Waals surface area contributed by atoms with E-state index >= 15 is 0 Å². The van der Waals surface area contributed by atoms with Crippen LogP contribution in [0, 0.1) is 11.7 Å². The van der Waals surface area contributed by atoms with Crippen LogP contribution in [0.4, 0.5) is 4.39 Å². The second kappa shape index (κ2) is 5.27. The molecule has 0 unspecified atom stereocenters. The van der Waals surface area contributed by atoms with Gasteiger partial charge in [0, 0.05) is 29.6 Å². The Balaban J connectivity index is 1.42. The number of hydrogen-bond acceptors (Lipinski definition) is 4. The van der Waals surface area contributed by atoms with Gasteiger partial charge in [-0.1, -0.05) is 5.16 Å². The molecule has 3 aliphatic rings. The summed E-state index contributed by atoms with van der Waals surface area (Å²) in [5.74, 6) is 0.879. The minimum Gasteiger partial charge on any atom is -0.356 e. The zero-order chi connectivity index (χ0) is 17.9. The van der Waals surface area contributed by atoms with Gasteiger partial charge in [0.2, 0.25) is 0 Å². The van der Waals surface area contributed by atoms with Crippen molar-refractivity contribution in [1.82, 2.24) is 14.3 Å². The fourth-order valence-electron chi connectivity index (χ4n) is 4.05. The maximum absolute atomic E-state index is 13.0. The van der Waals surface area contributed by atoms with Gasteiger partial charge in [-0.05, 0) is 49.4 Å². The molecule has 26 heavy (non-hydrogen) atoms. The van der Waals surface area contributed by atoms with Crippen molar-refractivity contribution >= 4 is 0 Å². The van der Waals surface area contributed by atoms with Crippen LogP contribution in [0.2, 0.25) is 0 Å². The molecular weight excluding hydrogens is 337 g/mol. The Hall–Kier alpha value is -2.96. The van der Waals surface area contributed by atoms with Gasteiger partial charge in [-0.2, -0.15) is 0 Å². The van der Waals surface area contributed by atoms with Gasteiger partial charge in [-0.15, -0.1) is 0 Å². The number of aromatic nitrogens is 3. The fourth-order valence-corrected chi connectivity index (χ4v) is 4.05. The molecule has 2 heterocycles. The third-order valence-electron chi connectivity index (χ3n) is 5.60. The molecule has 0 N–H and O–H groups in total. The summed E-state index contributed by atoms with van der Waals surface area (Å²) in [4.78, 5) is 24.9. The molecule has 3 aliphatic carbocycles. The molecule has 2 aromatic heterocycles. The lowest BCUT2D eigenvalue weighted by Crippen LogP contribution is -2.64. The van der Waals surface area contributed by atoms with Crippen molar-refractivity contribution in [2.45, 2.75) is 31.3 Å². The highest BCUT2D eigenvalue weighted by molar-refractivity contribution is 5.57. The Bertz CT molecular complexity index is 1090. The van der Waals surface area contributed by atoms with Gasteiger partial charge >= 0.3 is 11.1 Å². The van der Waals surface area contributed by atoms with Gasteiger partial charge in [0.1, 0.15) is 11.5 Å². The Morgan fingerprint density at radius 2 is 1.85 bits per heavy atom. The molecule has 1 aromatic carbocycles. The van der Waals surface area contributed by atoms with Crippen LogP contribution < -0.4 is 11.1 Å². The largest absolute Gasteiger partial charge is 0.356 e. The number of benzene rings is 1. The fraction of sp³-hybridized carbons (Fsp3) is 0.316. The summed E-state index contributed by atoms with van der Waals surface area (Å²) in [7, 11) is 0. The molecule has 0 aliphatic heterocycles. The molecule has 6 nitrogen and oxygen atoms in total. The van der Waals surface area contributed by atoms with E-state index in [-0.39, 0.29) is 17.9 Å². The molecule has 3 fully saturated rings. The lowest BCUT2D eigenvalue weighted by molar-refractivity contribution is -0.0919. The van der Waals surface area contributed by atoms with Crippen LogP contribution >= 0.6 is 0 Å². The summed E-state index contributed by atoms with van der Waals surface area (Å²) < 4.78 is 21.2. The van der Waals surface area contributed by atoms with E-state index in [0.29, 0.717) is 17.0 Å². The highest BCUT2D eigenvalue weighted by atomic mass is 19.1. The maximum atomic E-state index is 13.0. The van der Waals surface area contributed by atoms with E-state index in [2.05, 4.69) is 5.16 Å². The predicted octanol–water partition coefficient (Wildman–Crippen LogP) is 2.36. The SMILES string of the molecule is O=c1c(=O)n(C23CC(C2)C3)ccn1Cc1cc(-c2ccc(F)cc2)on1. The van der Waals surface area contributed by atoms with Crippen LogP contribution in [0.3, 0.4) is 0 Å². The van der Waals surface area contributed by atoms with Gasteiger partial charge in [0.15, 0.2) is 5.76 Å². The van der Waals surface area contributed by atoms with E-state index < -0.39 is 11.1 Å². The van der Waals surface area contributed by atoms with Crippen LogP contribution in [0.5, 0.6) is 0 Å². The molecule has 0 radical (unpaired) electrons. The molecule has 0 amide bonds. The average Bonchev–Trinajstić information content (AvgIpc) is 3.01.